The molecule has 1 amide bonds. The predicted octanol–water partition coefficient (Wildman–Crippen LogP) is 2.87. The fourth-order valence-electron chi connectivity index (χ4n) is 2.42. The van der Waals surface area contributed by atoms with Gasteiger partial charge in [0.1, 0.15) is 6.42 Å². The second kappa shape index (κ2) is 7.41. The first kappa shape index (κ1) is 15.0. The average molecular weight is 337 g/mol. The van der Waals surface area contributed by atoms with Crippen LogP contribution in [-0.4, -0.2) is 30.1 Å². The average Bonchev–Trinajstić information content (AvgIpc) is 2.46. The summed E-state index contributed by atoms with van der Waals surface area (Å²) >= 11 is 3.44. The summed E-state index contributed by atoms with van der Waals surface area (Å²) in [5, 5.41) is 8.76. The van der Waals surface area contributed by atoms with Crippen LogP contribution in [0.15, 0.2) is 28.7 Å². The monoisotopic (exact) mass is 336 g/mol. The van der Waals surface area contributed by atoms with E-state index in [0.29, 0.717) is 19.8 Å². The van der Waals surface area contributed by atoms with Gasteiger partial charge in [-0.3, -0.25) is 4.79 Å². The van der Waals surface area contributed by atoms with Crippen molar-refractivity contribution in [3.63, 3.8) is 0 Å². The van der Waals surface area contributed by atoms with Gasteiger partial charge in [-0.1, -0.05) is 28.1 Å². The van der Waals surface area contributed by atoms with Crippen LogP contribution < -0.4 is 0 Å². The van der Waals surface area contributed by atoms with Crippen molar-refractivity contribution in [3.8, 4) is 6.07 Å². The van der Waals surface area contributed by atoms with Crippen molar-refractivity contribution in [3.05, 3.63) is 34.3 Å². The fourth-order valence-corrected chi connectivity index (χ4v) is 2.87. The molecule has 0 spiro atoms. The number of ether oxygens (including phenoxy) is 1. The molecule has 2 rings (SSSR count). The van der Waals surface area contributed by atoms with E-state index in [1.165, 1.54) is 0 Å². The summed E-state index contributed by atoms with van der Waals surface area (Å²) in [6.45, 7) is 1.91. The summed E-state index contributed by atoms with van der Waals surface area (Å²) in [5.41, 5.74) is 1.07. The van der Waals surface area contributed by atoms with Crippen LogP contribution in [0.5, 0.6) is 0 Å². The van der Waals surface area contributed by atoms with Crippen molar-refractivity contribution in [2.75, 3.05) is 13.2 Å². The van der Waals surface area contributed by atoms with E-state index in [9.17, 15) is 4.79 Å². The first-order valence-electron chi connectivity index (χ1n) is 6.69. The molecule has 0 bridgehead atoms. The third-order valence-corrected chi connectivity index (χ3v) is 3.92. The third kappa shape index (κ3) is 4.06. The largest absolute Gasteiger partial charge is 0.381 e. The molecule has 106 valence electrons. The normalized spacial score (nSPS) is 15.6. The molecule has 0 aromatic heterocycles. The van der Waals surface area contributed by atoms with Gasteiger partial charge in [-0.25, -0.2) is 0 Å². The SMILES string of the molecule is N#CCC(=O)N(Cc1cccc(Br)c1)C1CCOCC1. The summed E-state index contributed by atoms with van der Waals surface area (Å²) in [6, 6.07) is 10.0. The summed E-state index contributed by atoms with van der Waals surface area (Å²) < 4.78 is 6.34. The zero-order valence-corrected chi connectivity index (χ0v) is 12.8. The lowest BCUT2D eigenvalue weighted by atomic mass is 10.1. The summed E-state index contributed by atoms with van der Waals surface area (Å²) in [4.78, 5) is 14.0. The number of halogens is 1. The van der Waals surface area contributed by atoms with E-state index >= 15 is 0 Å². The maximum atomic E-state index is 12.2. The zero-order valence-electron chi connectivity index (χ0n) is 11.2. The molecule has 1 heterocycles. The van der Waals surface area contributed by atoms with Gasteiger partial charge in [-0.05, 0) is 30.5 Å². The Hall–Kier alpha value is -1.38. The van der Waals surface area contributed by atoms with Crippen LogP contribution in [0.25, 0.3) is 0 Å². The van der Waals surface area contributed by atoms with E-state index in [1.807, 2.05) is 35.2 Å². The lowest BCUT2D eigenvalue weighted by Gasteiger charge is -2.34. The molecule has 1 fully saturated rings. The molecule has 1 aromatic carbocycles. The van der Waals surface area contributed by atoms with E-state index in [4.69, 9.17) is 10.00 Å². The zero-order chi connectivity index (χ0) is 14.4. The minimum Gasteiger partial charge on any atom is -0.381 e. The lowest BCUT2D eigenvalue weighted by Crippen LogP contribution is -2.42. The van der Waals surface area contributed by atoms with E-state index < -0.39 is 0 Å². The van der Waals surface area contributed by atoms with Crippen LogP contribution >= 0.6 is 15.9 Å². The van der Waals surface area contributed by atoms with Crippen LogP contribution in [-0.2, 0) is 16.1 Å². The Kier molecular flexibility index (Phi) is 5.57. The number of amides is 1. The molecular weight excluding hydrogens is 320 g/mol. The Morgan fingerprint density at radius 2 is 2.20 bits per heavy atom. The van der Waals surface area contributed by atoms with Crippen LogP contribution in [0.4, 0.5) is 0 Å². The lowest BCUT2D eigenvalue weighted by molar-refractivity contribution is -0.135. The summed E-state index contributed by atoms with van der Waals surface area (Å²) in [5.74, 6) is -0.0978. The van der Waals surface area contributed by atoms with Crippen LogP contribution in [0, 0.1) is 11.3 Å². The van der Waals surface area contributed by atoms with Gasteiger partial charge >= 0.3 is 0 Å². The second-order valence-electron chi connectivity index (χ2n) is 4.83. The molecule has 4 nitrogen and oxygen atoms in total. The van der Waals surface area contributed by atoms with Crippen LogP contribution in [0.2, 0.25) is 0 Å². The van der Waals surface area contributed by atoms with Gasteiger partial charge in [0.15, 0.2) is 0 Å². The Morgan fingerprint density at radius 3 is 2.85 bits per heavy atom. The van der Waals surface area contributed by atoms with Gasteiger partial charge in [0.2, 0.25) is 5.91 Å². The molecular formula is C15H17BrN2O2. The van der Waals surface area contributed by atoms with Gasteiger partial charge < -0.3 is 9.64 Å². The Labute approximate surface area is 127 Å². The van der Waals surface area contributed by atoms with E-state index in [0.717, 1.165) is 22.9 Å². The second-order valence-corrected chi connectivity index (χ2v) is 5.75. The minimum absolute atomic E-state index is 0.0641. The number of benzene rings is 1. The molecule has 0 aliphatic carbocycles. The fraction of sp³-hybridized carbons (Fsp3) is 0.467. The predicted molar refractivity (Wildman–Crippen MR) is 78.8 cm³/mol. The maximum Gasteiger partial charge on any atom is 0.237 e. The molecule has 0 unspecified atom stereocenters. The number of nitrogens with zero attached hydrogens (tertiary/aromatic N) is 2. The maximum absolute atomic E-state index is 12.2. The highest BCUT2D eigenvalue weighted by atomic mass is 79.9. The van der Waals surface area contributed by atoms with Crippen LogP contribution in [0.1, 0.15) is 24.8 Å². The van der Waals surface area contributed by atoms with Gasteiger partial charge in [0, 0.05) is 30.3 Å². The van der Waals surface area contributed by atoms with Crippen LogP contribution in [0.3, 0.4) is 0 Å². The van der Waals surface area contributed by atoms with Crippen molar-refractivity contribution in [2.24, 2.45) is 0 Å². The topological polar surface area (TPSA) is 53.3 Å². The molecule has 0 saturated carbocycles. The standard InChI is InChI=1S/C15H17BrN2O2/c16-13-3-1-2-12(10-13)11-18(15(19)4-7-17)14-5-8-20-9-6-14/h1-3,10,14H,4-6,8-9,11H2. The van der Waals surface area contributed by atoms with Crippen molar-refractivity contribution < 1.29 is 9.53 Å². The highest BCUT2D eigenvalue weighted by molar-refractivity contribution is 9.10. The van der Waals surface area contributed by atoms with Crippen molar-refractivity contribution in [2.45, 2.75) is 31.8 Å². The number of carbonyl (C=O) groups excluding carboxylic acids is 1. The Balaban J connectivity index is 2.13. The first-order valence-corrected chi connectivity index (χ1v) is 7.48. The quantitative estimate of drug-likeness (QED) is 0.849. The summed E-state index contributed by atoms with van der Waals surface area (Å²) in [7, 11) is 0. The summed E-state index contributed by atoms with van der Waals surface area (Å²) in [6.07, 6.45) is 1.61. The van der Waals surface area contributed by atoms with Gasteiger partial charge in [-0.2, -0.15) is 5.26 Å². The number of hydrogen-bond acceptors (Lipinski definition) is 3. The Morgan fingerprint density at radius 1 is 1.45 bits per heavy atom. The number of rotatable bonds is 4. The molecule has 0 radical (unpaired) electrons. The number of hydrogen-bond donors (Lipinski definition) is 0. The Bertz CT molecular complexity index is 507. The smallest absolute Gasteiger partial charge is 0.237 e. The molecule has 0 atom stereocenters. The van der Waals surface area contributed by atoms with E-state index in [1.54, 1.807) is 0 Å². The number of carbonyl (C=O) groups is 1. The van der Waals surface area contributed by atoms with Crippen molar-refractivity contribution in [1.29, 1.82) is 5.26 Å². The molecule has 5 heteroatoms. The first-order chi connectivity index (χ1) is 9.70. The molecule has 1 aliphatic heterocycles. The minimum atomic E-state index is -0.0978. The highest BCUT2D eigenvalue weighted by Gasteiger charge is 2.25. The molecule has 1 aliphatic rings. The third-order valence-electron chi connectivity index (χ3n) is 3.42. The van der Waals surface area contributed by atoms with Crippen molar-refractivity contribution >= 4 is 21.8 Å². The molecule has 0 N–H and O–H groups in total. The number of nitriles is 1. The van der Waals surface area contributed by atoms with Crippen molar-refractivity contribution in [1.82, 2.24) is 4.90 Å². The van der Waals surface area contributed by atoms with Gasteiger partial charge in [0.05, 0.1) is 6.07 Å². The molecule has 1 saturated heterocycles. The molecule has 20 heavy (non-hydrogen) atoms. The highest BCUT2D eigenvalue weighted by Crippen LogP contribution is 2.20. The van der Waals surface area contributed by atoms with E-state index in [2.05, 4.69) is 15.9 Å². The van der Waals surface area contributed by atoms with Gasteiger partial charge in [0.25, 0.3) is 0 Å². The van der Waals surface area contributed by atoms with Gasteiger partial charge in [-0.15, -0.1) is 0 Å². The molecule has 1 aromatic rings. The van der Waals surface area contributed by atoms with E-state index in [-0.39, 0.29) is 18.4 Å².